The molecule has 1 aromatic rings. The van der Waals surface area contributed by atoms with Crippen molar-refractivity contribution < 1.29 is 9.90 Å². The van der Waals surface area contributed by atoms with E-state index < -0.39 is 0 Å². The van der Waals surface area contributed by atoms with Gasteiger partial charge in [-0.25, -0.2) is 0 Å². The van der Waals surface area contributed by atoms with Crippen molar-refractivity contribution in [2.75, 3.05) is 19.7 Å². The maximum Gasteiger partial charge on any atom is 0.221 e. The molecule has 0 bridgehead atoms. The Morgan fingerprint density at radius 2 is 2.14 bits per heavy atom. The lowest BCUT2D eigenvalue weighted by atomic mass is 9.86. The number of fused-ring (bicyclic) bond motifs is 1. The Morgan fingerprint density at radius 3 is 2.86 bits per heavy atom. The number of rotatable bonds is 7. The van der Waals surface area contributed by atoms with Crippen molar-refractivity contribution in [2.45, 2.75) is 51.6 Å². The highest BCUT2D eigenvalue weighted by Crippen LogP contribution is 2.34. The minimum atomic E-state index is 0.0852. The second-order valence-corrected chi connectivity index (χ2v) is 6.34. The minimum absolute atomic E-state index is 0.0852. The van der Waals surface area contributed by atoms with E-state index in [0.717, 1.165) is 12.8 Å². The van der Waals surface area contributed by atoms with Crippen molar-refractivity contribution in [3.63, 3.8) is 0 Å². The van der Waals surface area contributed by atoms with Gasteiger partial charge in [-0.1, -0.05) is 24.3 Å². The van der Waals surface area contributed by atoms with Gasteiger partial charge in [0.15, 0.2) is 0 Å². The van der Waals surface area contributed by atoms with Gasteiger partial charge in [0.05, 0.1) is 6.61 Å². The fourth-order valence-corrected chi connectivity index (χ4v) is 3.30. The van der Waals surface area contributed by atoms with Crippen LogP contribution in [0.15, 0.2) is 24.3 Å². The van der Waals surface area contributed by atoms with Crippen LogP contribution in [0, 0.1) is 0 Å². The van der Waals surface area contributed by atoms with Crippen molar-refractivity contribution in [3.05, 3.63) is 35.4 Å². The third-order valence-corrected chi connectivity index (χ3v) is 4.24. The first-order valence-electron chi connectivity index (χ1n) is 8.34. The van der Waals surface area contributed by atoms with E-state index in [9.17, 15) is 9.90 Å². The number of hydrogen-bond acceptors (Lipinski definition) is 3. The molecule has 4 heteroatoms. The molecule has 0 aromatic heterocycles. The minimum Gasteiger partial charge on any atom is -0.395 e. The molecule has 1 unspecified atom stereocenters. The molecule has 1 aliphatic carbocycles. The maximum absolute atomic E-state index is 11.9. The second-order valence-electron chi connectivity index (χ2n) is 6.34. The Morgan fingerprint density at radius 1 is 1.36 bits per heavy atom. The standard InChI is InChI=1S/C18H28N2O2/c1-14(2)19-18(22)10-11-20(12-13-21)17-9-5-7-15-6-3-4-8-16(15)17/h3-4,6,8,14,17,21H,5,7,9-13H2,1-2H3,(H,19,22). The largest absolute Gasteiger partial charge is 0.395 e. The number of benzene rings is 1. The third-order valence-electron chi connectivity index (χ3n) is 4.24. The van der Waals surface area contributed by atoms with Crippen LogP contribution in [0.1, 0.15) is 50.3 Å². The first kappa shape index (κ1) is 17.0. The summed E-state index contributed by atoms with van der Waals surface area (Å²) in [5.74, 6) is 0.0852. The molecule has 1 aromatic carbocycles. The summed E-state index contributed by atoms with van der Waals surface area (Å²) in [6, 6.07) is 9.06. The zero-order valence-corrected chi connectivity index (χ0v) is 13.7. The molecule has 22 heavy (non-hydrogen) atoms. The number of carbonyl (C=O) groups is 1. The monoisotopic (exact) mass is 304 g/mol. The second kappa shape index (κ2) is 8.30. The van der Waals surface area contributed by atoms with Crippen molar-refractivity contribution in [2.24, 2.45) is 0 Å². The van der Waals surface area contributed by atoms with Gasteiger partial charge in [0, 0.05) is 31.6 Å². The van der Waals surface area contributed by atoms with E-state index in [4.69, 9.17) is 0 Å². The molecule has 0 radical (unpaired) electrons. The molecule has 2 N–H and O–H groups in total. The molecular weight excluding hydrogens is 276 g/mol. The zero-order chi connectivity index (χ0) is 15.9. The van der Waals surface area contributed by atoms with E-state index in [1.54, 1.807) is 0 Å². The lowest BCUT2D eigenvalue weighted by molar-refractivity contribution is -0.122. The Balaban J connectivity index is 2.04. The summed E-state index contributed by atoms with van der Waals surface area (Å²) in [5, 5.41) is 12.3. The Labute approximate surface area is 133 Å². The van der Waals surface area contributed by atoms with Gasteiger partial charge < -0.3 is 10.4 Å². The maximum atomic E-state index is 11.9. The first-order valence-corrected chi connectivity index (χ1v) is 8.34. The summed E-state index contributed by atoms with van der Waals surface area (Å²) < 4.78 is 0. The quantitative estimate of drug-likeness (QED) is 0.812. The van der Waals surface area contributed by atoms with E-state index in [1.165, 1.54) is 17.5 Å². The summed E-state index contributed by atoms with van der Waals surface area (Å²) in [7, 11) is 0. The topological polar surface area (TPSA) is 52.6 Å². The lowest BCUT2D eigenvalue weighted by Crippen LogP contribution is -2.38. The summed E-state index contributed by atoms with van der Waals surface area (Å²) in [6.45, 7) is 5.39. The van der Waals surface area contributed by atoms with Crippen LogP contribution in [0.3, 0.4) is 0 Å². The molecular formula is C18H28N2O2. The van der Waals surface area contributed by atoms with E-state index in [0.29, 0.717) is 25.6 Å². The predicted octanol–water partition coefficient (Wildman–Crippen LogP) is 2.27. The number of carbonyl (C=O) groups excluding carboxylic acids is 1. The lowest BCUT2D eigenvalue weighted by Gasteiger charge is -2.35. The molecule has 1 atom stereocenters. The molecule has 1 aliphatic rings. The molecule has 0 fully saturated rings. The number of aryl methyl sites for hydroxylation is 1. The number of aliphatic hydroxyl groups is 1. The van der Waals surface area contributed by atoms with Crippen LogP contribution in [0.25, 0.3) is 0 Å². The molecule has 4 nitrogen and oxygen atoms in total. The van der Waals surface area contributed by atoms with Gasteiger partial charge in [0.25, 0.3) is 0 Å². The van der Waals surface area contributed by atoms with Crippen LogP contribution in [-0.4, -0.2) is 41.7 Å². The van der Waals surface area contributed by atoms with E-state index in [1.807, 2.05) is 13.8 Å². The molecule has 2 rings (SSSR count). The number of aliphatic hydroxyl groups excluding tert-OH is 1. The molecule has 0 saturated heterocycles. The summed E-state index contributed by atoms with van der Waals surface area (Å²) >= 11 is 0. The van der Waals surface area contributed by atoms with E-state index in [2.05, 4.69) is 34.5 Å². The zero-order valence-electron chi connectivity index (χ0n) is 13.7. The molecule has 122 valence electrons. The first-order chi connectivity index (χ1) is 10.6. The molecule has 0 saturated carbocycles. The van der Waals surface area contributed by atoms with Crippen LogP contribution in [0.5, 0.6) is 0 Å². The Hall–Kier alpha value is -1.39. The van der Waals surface area contributed by atoms with Gasteiger partial charge >= 0.3 is 0 Å². The van der Waals surface area contributed by atoms with Gasteiger partial charge in [-0.3, -0.25) is 9.69 Å². The average Bonchev–Trinajstić information content (AvgIpc) is 2.50. The fourth-order valence-electron chi connectivity index (χ4n) is 3.30. The average molecular weight is 304 g/mol. The van der Waals surface area contributed by atoms with Gasteiger partial charge in [-0.2, -0.15) is 0 Å². The third kappa shape index (κ3) is 4.55. The highest BCUT2D eigenvalue weighted by molar-refractivity contribution is 5.76. The van der Waals surface area contributed by atoms with Crippen LogP contribution in [-0.2, 0) is 11.2 Å². The van der Waals surface area contributed by atoms with Crippen molar-refractivity contribution >= 4 is 5.91 Å². The highest BCUT2D eigenvalue weighted by Gasteiger charge is 2.25. The number of hydrogen-bond donors (Lipinski definition) is 2. The van der Waals surface area contributed by atoms with Gasteiger partial charge in [0.2, 0.25) is 5.91 Å². The molecule has 0 heterocycles. The molecule has 1 amide bonds. The van der Waals surface area contributed by atoms with Gasteiger partial charge in [0.1, 0.15) is 0 Å². The fraction of sp³-hybridized carbons (Fsp3) is 0.611. The van der Waals surface area contributed by atoms with Crippen molar-refractivity contribution in [3.8, 4) is 0 Å². The summed E-state index contributed by atoms with van der Waals surface area (Å²) in [6.07, 6.45) is 3.88. The van der Waals surface area contributed by atoms with E-state index in [-0.39, 0.29) is 18.6 Å². The van der Waals surface area contributed by atoms with Gasteiger partial charge in [-0.05, 0) is 44.2 Å². The summed E-state index contributed by atoms with van der Waals surface area (Å²) in [5.41, 5.74) is 2.78. The summed E-state index contributed by atoms with van der Waals surface area (Å²) in [4.78, 5) is 14.2. The van der Waals surface area contributed by atoms with Crippen molar-refractivity contribution in [1.82, 2.24) is 10.2 Å². The molecule has 0 spiro atoms. The highest BCUT2D eigenvalue weighted by atomic mass is 16.3. The van der Waals surface area contributed by atoms with Crippen LogP contribution >= 0.6 is 0 Å². The Bertz CT molecular complexity index is 488. The predicted molar refractivity (Wildman–Crippen MR) is 88.7 cm³/mol. The molecule has 0 aliphatic heterocycles. The van der Waals surface area contributed by atoms with Gasteiger partial charge in [-0.15, -0.1) is 0 Å². The number of nitrogens with one attached hydrogen (secondary N) is 1. The van der Waals surface area contributed by atoms with Crippen molar-refractivity contribution in [1.29, 1.82) is 0 Å². The smallest absolute Gasteiger partial charge is 0.221 e. The van der Waals surface area contributed by atoms with Crippen LogP contribution in [0.4, 0.5) is 0 Å². The normalized spacial score (nSPS) is 17.6. The number of amides is 1. The van der Waals surface area contributed by atoms with E-state index >= 15 is 0 Å². The van der Waals surface area contributed by atoms with Crippen LogP contribution in [0.2, 0.25) is 0 Å². The SMILES string of the molecule is CC(C)NC(=O)CCN(CCO)C1CCCc2ccccc21. The van der Waals surface area contributed by atoms with Crippen LogP contribution < -0.4 is 5.32 Å². The number of nitrogens with zero attached hydrogens (tertiary/aromatic N) is 1. The Kier molecular flexibility index (Phi) is 6.40.